The highest BCUT2D eigenvalue weighted by Gasteiger charge is 2.50. The highest BCUT2D eigenvalue weighted by molar-refractivity contribution is 5.91. The fraction of sp³-hybridized carbons (Fsp3) is 0.500. The summed E-state index contributed by atoms with van der Waals surface area (Å²) in [5, 5.41) is 14.7. The van der Waals surface area contributed by atoms with Crippen molar-refractivity contribution in [3.8, 4) is 0 Å². The van der Waals surface area contributed by atoms with Gasteiger partial charge in [-0.05, 0) is 36.8 Å². The van der Waals surface area contributed by atoms with E-state index in [1.807, 2.05) is 32.0 Å². The molecule has 0 atom stereocenters. The van der Waals surface area contributed by atoms with Crippen molar-refractivity contribution in [1.82, 2.24) is 5.32 Å². The standard InChI is InChI=1S/C16H22N2O3/c1-3-11-6-5-7-12(4-2)13(11)18-15(21)17-10-16(8-9-16)14(19)20/h5-7H,3-4,8-10H2,1-2H3,(H,19,20)(H2,17,18,21). The van der Waals surface area contributed by atoms with Crippen LogP contribution in [0.1, 0.15) is 37.8 Å². The molecule has 2 amide bonds. The van der Waals surface area contributed by atoms with Crippen LogP contribution in [0.5, 0.6) is 0 Å². The van der Waals surface area contributed by atoms with E-state index in [0.717, 1.165) is 29.7 Å². The molecule has 0 saturated heterocycles. The summed E-state index contributed by atoms with van der Waals surface area (Å²) in [6, 6.07) is 5.64. The highest BCUT2D eigenvalue weighted by Crippen LogP contribution is 2.45. The maximum Gasteiger partial charge on any atom is 0.319 e. The Morgan fingerprint density at radius 1 is 1.19 bits per heavy atom. The number of carboxylic acids is 1. The smallest absolute Gasteiger partial charge is 0.319 e. The second kappa shape index (κ2) is 6.16. The van der Waals surface area contributed by atoms with Gasteiger partial charge in [-0.25, -0.2) is 4.79 Å². The summed E-state index contributed by atoms with van der Waals surface area (Å²) < 4.78 is 0. The number of benzene rings is 1. The third kappa shape index (κ3) is 3.35. The third-order valence-corrected chi connectivity index (χ3v) is 4.13. The predicted octanol–water partition coefficient (Wildman–Crippen LogP) is 2.80. The molecular formula is C16H22N2O3. The van der Waals surface area contributed by atoms with E-state index < -0.39 is 11.4 Å². The second-order valence-corrected chi connectivity index (χ2v) is 5.55. The van der Waals surface area contributed by atoms with Crippen molar-refractivity contribution in [3.63, 3.8) is 0 Å². The average molecular weight is 290 g/mol. The molecule has 3 N–H and O–H groups in total. The molecular weight excluding hydrogens is 268 g/mol. The molecule has 21 heavy (non-hydrogen) atoms. The number of para-hydroxylation sites is 1. The molecule has 1 fully saturated rings. The van der Waals surface area contributed by atoms with Gasteiger partial charge in [0.1, 0.15) is 0 Å². The number of urea groups is 1. The number of anilines is 1. The van der Waals surface area contributed by atoms with E-state index >= 15 is 0 Å². The molecule has 5 nitrogen and oxygen atoms in total. The van der Waals surface area contributed by atoms with Gasteiger partial charge in [0.25, 0.3) is 0 Å². The van der Waals surface area contributed by atoms with Crippen LogP contribution in [0.25, 0.3) is 0 Å². The molecule has 1 aliphatic rings. The van der Waals surface area contributed by atoms with Crippen LogP contribution in [0.2, 0.25) is 0 Å². The summed E-state index contributed by atoms with van der Waals surface area (Å²) in [6.07, 6.45) is 2.94. The summed E-state index contributed by atoms with van der Waals surface area (Å²) in [4.78, 5) is 23.1. The number of carbonyl (C=O) groups is 2. The van der Waals surface area contributed by atoms with Gasteiger partial charge >= 0.3 is 12.0 Å². The maximum atomic E-state index is 12.0. The minimum atomic E-state index is -0.828. The lowest BCUT2D eigenvalue weighted by Crippen LogP contribution is -2.37. The van der Waals surface area contributed by atoms with Gasteiger partial charge in [-0.1, -0.05) is 32.0 Å². The van der Waals surface area contributed by atoms with Gasteiger partial charge in [0.05, 0.1) is 5.41 Å². The van der Waals surface area contributed by atoms with Crippen molar-refractivity contribution in [3.05, 3.63) is 29.3 Å². The van der Waals surface area contributed by atoms with E-state index in [0.29, 0.717) is 12.8 Å². The number of aryl methyl sites for hydroxylation is 2. The van der Waals surface area contributed by atoms with Crippen molar-refractivity contribution in [1.29, 1.82) is 0 Å². The number of nitrogens with one attached hydrogen (secondary N) is 2. The Morgan fingerprint density at radius 2 is 1.76 bits per heavy atom. The van der Waals surface area contributed by atoms with Crippen LogP contribution in [0, 0.1) is 5.41 Å². The lowest BCUT2D eigenvalue weighted by Gasteiger charge is -2.16. The zero-order valence-corrected chi connectivity index (χ0v) is 12.5. The maximum absolute atomic E-state index is 12.0. The van der Waals surface area contributed by atoms with Crippen molar-refractivity contribution >= 4 is 17.7 Å². The molecule has 1 saturated carbocycles. The molecule has 0 bridgehead atoms. The van der Waals surface area contributed by atoms with Crippen molar-refractivity contribution in [2.24, 2.45) is 5.41 Å². The molecule has 2 rings (SSSR count). The Kier molecular flexibility index (Phi) is 4.50. The SMILES string of the molecule is CCc1cccc(CC)c1NC(=O)NCC1(C(=O)O)CC1. The summed E-state index contributed by atoms with van der Waals surface area (Å²) >= 11 is 0. The Hall–Kier alpha value is -2.04. The van der Waals surface area contributed by atoms with E-state index in [-0.39, 0.29) is 12.6 Å². The van der Waals surface area contributed by atoms with Crippen LogP contribution in [0.15, 0.2) is 18.2 Å². The number of carbonyl (C=O) groups excluding carboxylic acids is 1. The van der Waals surface area contributed by atoms with Gasteiger partial charge in [-0.2, -0.15) is 0 Å². The summed E-state index contributed by atoms with van der Waals surface area (Å²) in [7, 11) is 0. The van der Waals surface area contributed by atoms with Crippen molar-refractivity contribution in [2.75, 3.05) is 11.9 Å². The van der Waals surface area contributed by atoms with Gasteiger partial charge in [0, 0.05) is 12.2 Å². The highest BCUT2D eigenvalue weighted by atomic mass is 16.4. The Morgan fingerprint density at radius 3 is 2.19 bits per heavy atom. The van der Waals surface area contributed by atoms with Crippen LogP contribution >= 0.6 is 0 Å². The monoisotopic (exact) mass is 290 g/mol. The molecule has 0 radical (unpaired) electrons. The number of hydrogen-bond acceptors (Lipinski definition) is 2. The Labute approximate surface area is 124 Å². The average Bonchev–Trinajstić information content (AvgIpc) is 3.26. The normalized spacial score (nSPS) is 15.3. The fourth-order valence-corrected chi connectivity index (χ4v) is 2.43. The summed E-state index contributed by atoms with van der Waals surface area (Å²) in [5.41, 5.74) is 2.28. The first kappa shape index (κ1) is 15.4. The van der Waals surface area contributed by atoms with Crippen molar-refractivity contribution in [2.45, 2.75) is 39.5 Å². The molecule has 114 valence electrons. The lowest BCUT2D eigenvalue weighted by atomic mass is 10.0. The summed E-state index contributed by atoms with van der Waals surface area (Å²) in [5.74, 6) is -0.828. The second-order valence-electron chi connectivity index (χ2n) is 5.55. The van der Waals surface area contributed by atoms with Gasteiger partial charge in [-0.15, -0.1) is 0 Å². The van der Waals surface area contributed by atoms with E-state index in [1.165, 1.54) is 0 Å². The minimum absolute atomic E-state index is 0.184. The van der Waals surface area contributed by atoms with Crippen LogP contribution < -0.4 is 10.6 Å². The van der Waals surface area contributed by atoms with Gasteiger partial charge in [0.2, 0.25) is 0 Å². The molecule has 0 heterocycles. The Balaban J connectivity index is 2.01. The summed E-state index contributed by atoms with van der Waals surface area (Å²) in [6.45, 7) is 4.27. The topological polar surface area (TPSA) is 78.4 Å². The zero-order valence-electron chi connectivity index (χ0n) is 12.5. The number of carboxylic acid groups (broad SMARTS) is 1. The van der Waals surface area contributed by atoms with E-state index in [4.69, 9.17) is 5.11 Å². The molecule has 0 aliphatic heterocycles. The predicted molar refractivity (Wildman–Crippen MR) is 81.5 cm³/mol. The molecule has 5 heteroatoms. The van der Waals surface area contributed by atoms with Gasteiger partial charge in [-0.3, -0.25) is 4.79 Å². The zero-order chi connectivity index (χ0) is 15.5. The number of aliphatic carboxylic acids is 1. The van der Waals surface area contributed by atoms with Crippen LogP contribution in [-0.2, 0) is 17.6 Å². The Bertz CT molecular complexity index is 528. The van der Waals surface area contributed by atoms with Gasteiger partial charge < -0.3 is 15.7 Å². The fourth-order valence-electron chi connectivity index (χ4n) is 2.43. The van der Waals surface area contributed by atoms with Gasteiger partial charge in [0.15, 0.2) is 0 Å². The third-order valence-electron chi connectivity index (χ3n) is 4.13. The lowest BCUT2D eigenvalue weighted by molar-refractivity contribution is -0.143. The largest absolute Gasteiger partial charge is 0.481 e. The van der Waals surface area contributed by atoms with Crippen LogP contribution in [0.4, 0.5) is 10.5 Å². The molecule has 1 aromatic carbocycles. The van der Waals surface area contributed by atoms with Crippen LogP contribution in [0.3, 0.4) is 0 Å². The quantitative estimate of drug-likeness (QED) is 0.754. The molecule has 0 spiro atoms. The molecule has 1 aliphatic carbocycles. The van der Waals surface area contributed by atoms with E-state index in [1.54, 1.807) is 0 Å². The van der Waals surface area contributed by atoms with Crippen LogP contribution in [-0.4, -0.2) is 23.7 Å². The first-order valence-electron chi connectivity index (χ1n) is 7.41. The molecule has 0 unspecified atom stereocenters. The van der Waals surface area contributed by atoms with Crippen molar-refractivity contribution < 1.29 is 14.7 Å². The van der Waals surface area contributed by atoms with E-state index in [2.05, 4.69) is 10.6 Å². The molecule has 1 aromatic rings. The number of amides is 2. The first-order chi connectivity index (χ1) is 10.0. The minimum Gasteiger partial charge on any atom is -0.481 e. The first-order valence-corrected chi connectivity index (χ1v) is 7.41. The van der Waals surface area contributed by atoms with E-state index in [9.17, 15) is 9.59 Å². The molecule has 0 aromatic heterocycles. The number of rotatable bonds is 6. The number of hydrogen-bond donors (Lipinski definition) is 3.